The number of halogens is 2. The van der Waals surface area contributed by atoms with Gasteiger partial charge in [-0.1, -0.05) is 19.1 Å². The van der Waals surface area contributed by atoms with E-state index in [-0.39, 0.29) is 30.1 Å². The van der Waals surface area contributed by atoms with Crippen LogP contribution in [-0.2, 0) is 11.3 Å². The van der Waals surface area contributed by atoms with Gasteiger partial charge in [0.15, 0.2) is 0 Å². The zero-order valence-electron chi connectivity index (χ0n) is 13.5. The van der Waals surface area contributed by atoms with E-state index in [1.807, 2.05) is 0 Å². The first-order valence-electron chi connectivity index (χ1n) is 7.85. The molecule has 7 heteroatoms. The maximum Gasteiger partial charge on any atom is 0.323 e. The van der Waals surface area contributed by atoms with Crippen molar-refractivity contribution in [2.45, 2.75) is 25.8 Å². The maximum absolute atomic E-state index is 13.7. The molecule has 3 rings (SSSR count). The van der Waals surface area contributed by atoms with Crippen molar-refractivity contribution in [3.63, 3.8) is 0 Å². The molecular formula is C18H17F2N3O2. The maximum atomic E-state index is 13.7. The number of H-pyrrole nitrogens is 2. The molecule has 0 radical (unpaired) electrons. The fourth-order valence-electron chi connectivity index (χ4n) is 2.82. The first-order valence-corrected chi connectivity index (χ1v) is 7.85. The Balaban J connectivity index is 1.62. The summed E-state index contributed by atoms with van der Waals surface area (Å²) in [5, 5.41) is 2.72. The lowest BCUT2D eigenvalue weighted by Crippen LogP contribution is -2.24. The lowest BCUT2D eigenvalue weighted by atomic mass is 9.96. The topological polar surface area (TPSA) is 77.8 Å². The van der Waals surface area contributed by atoms with Crippen molar-refractivity contribution in [1.29, 1.82) is 0 Å². The van der Waals surface area contributed by atoms with Crippen LogP contribution in [0.15, 0.2) is 41.2 Å². The summed E-state index contributed by atoms with van der Waals surface area (Å²) in [7, 11) is 0. The largest absolute Gasteiger partial charge is 0.352 e. The fourth-order valence-corrected chi connectivity index (χ4v) is 2.82. The molecule has 1 heterocycles. The first-order chi connectivity index (χ1) is 11.9. The Kier molecular flexibility index (Phi) is 4.65. The SMILES string of the molecule is CC(CC(=O)NCc1ccc2[nH]c(=O)[nH]c2c1)c1c(F)cccc1F. The highest BCUT2D eigenvalue weighted by Gasteiger charge is 2.18. The highest BCUT2D eigenvalue weighted by molar-refractivity contribution is 5.78. The predicted molar refractivity (Wildman–Crippen MR) is 90.2 cm³/mol. The Hall–Kier alpha value is -2.96. The van der Waals surface area contributed by atoms with Crippen LogP contribution in [0.1, 0.15) is 30.4 Å². The average molecular weight is 345 g/mol. The van der Waals surface area contributed by atoms with E-state index in [9.17, 15) is 18.4 Å². The molecule has 1 amide bonds. The number of aromatic amines is 2. The van der Waals surface area contributed by atoms with Gasteiger partial charge in [0.25, 0.3) is 0 Å². The Morgan fingerprint density at radius 3 is 2.52 bits per heavy atom. The van der Waals surface area contributed by atoms with Crippen LogP contribution in [0.2, 0.25) is 0 Å². The van der Waals surface area contributed by atoms with E-state index in [4.69, 9.17) is 0 Å². The molecule has 0 saturated heterocycles. The quantitative estimate of drug-likeness (QED) is 0.665. The normalized spacial score (nSPS) is 12.3. The Morgan fingerprint density at radius 1 is 1.12 bits per heavy atom. The highest BCUT2D eigenvalue weighted by Crippen LogP contribution is 2.25. The molecule has 0 aliphatic carbocycles. The highest BCUT2D eigenvalue weighted by atomic mass is 19.1. The summed E-state index contributed by atoms with van der Waals surface area (Å²) < 4.78 is 27.5. The third-order valence-electron chi connectivity index (χ3n) is 4.05. The van der Waals surface area contributed by atoms with Gasteiger partial charge in [-0.2, -0.15) is 0 Å². The molecular weight excluding hydrogens is 328 g/mol. The number of nitrogens with one attached hydrogen (secondary N) is 3. The van der Waals surface area contributed by atoms with Gasteiger partial charge in [0.2, 0.25) is 5.91 Å². The molecule has 3 N–H and O–H groups in total. The Morgan fingerprint density at radius 2 is 1.80 bits per heavy atom. The van der Waals surface area contributed by atoms with Gasteiger partial charge in [-0.3, -0.25) is 4.79 Å². The molecule has 0 bridgehead atoms. The molecule has 3 aromatic rings. The minimum absolute atomic E-state index is 0.0267. The van der Waals surface area contributed by atoms with E-state index in [0.717, 1.165) is 5.56 Å². The van der Waals surface area contributed by atoms with Gasteiger partial charge in [-0.05, 0) is 35.7 Å². The van der Waals surface area contributed by atoms with Gasteiger partial charge in [0.1, 0.15) is 11.6 Å². The summed E-state index contributed by atoms with van der Waals surface area (Å²) >= 11 is 0. The zero-order chi connectivity index (χ0) is 18.0. The van der Waals surface area contributed by atoms with Crippen LogP contribution in [0, 0.1) is 11.6 Å². The third kappa shape index (κ3) is 3.76. The van der Waals surface area contributed by atoms with Crippen LogP contribution >= 0.6 is 0 Å². The van der Waals surface area contributed by atoms with Crippen LogP contribution < -0.4 is 11.0 Å². The van der Waals surface area contributed by atoms with Gasteiger partial charge in [0, 0.05) is 18.5 Å². The lowest BCUT2D eigenvalue weighted by Gasteiger charge is -2.14. The van der Waals surface area contributed by atoms with Gasteiger partial charge in [-0.25, -0.2) is 13.6 Å². The summed E-state index contributed by atoms with van der Waals surface area (Å²) in [5.41, 5.74) is 1.77. The number of carbonyl (C=O) groups excluding carboxylic acids is 1. The first kappa shape index (κ1) is 16.9. The van der Waals surface area contributed by atoms with E-state index in [1.165, 1.54) is 18.2 Å². The number of benzene rings is 2. The number of imidazole rings is 1. The zero-order valence-corrected chi connectivity index (χ0v) is 13.5. The number of amides is 1. The number of rotatable bonds is 5. The second kappa shape index (κ2) is 6.88. The van der Waals surface area contributed by atoms with Gasteiger partial charge < -0.3 is 15.3 Å². The molecule has 0 aliphatic heterocycles. The van der Waals surface area contributed by atoms with E-state index >= 15 is 0 Å². The number of carbonyl (C=O) groups is 1. The van der Waals surface area contributed by atoms with Crippen LogP contribution in [0.5, 0.6) is 0 Å². The molecule has 5 nitrogen and oxygen atoms in total. The van der Waals surface area contributed by atoms with Gasteiger partial charge in [-0.15, -0.1) is 0 Å². The van der Waals surface area contributed by atoms with Crippen molar-refractivity contribution in [3.8, 4) is 0 Å². The van der Waals surface area contributed by atoms with Gasteiger partial charge >= 0.3 is 5.69 Å². The van der Waals surface area contributed by atoms with Crippen LogP contribution in [0.3, 0.4) is 0 Å². The fraction of sp³-hybridized carbons (Fsp3) is 0.222. The van der Waals surface area contributed by atoms with E-state index in [1.54, 1.807) is 25.1 Å². The number of hydrogen-bond donors (Lipinski definition) is 3. The molecule has 0 fully saturated rings. The minimum Gasteiger partial charge on any atom is -0.352 e. The lowest BCUT2D eigenvalue weighted by molar-refractivity contribution is -0.121. The number of hydrogen-bond acceptors (Lipinski definition) is 2. The Bertz CT molecular complexity index is 958. The number of aromatic nitrogens is 2. The van der Waals surface area contributed by atoms with Crippen molar-refractivity contribution >= 4 is 16.9 Å². The summed E-state index contributed by atoms with van der Waals surface area (Å²) in [6, 6.07) is 8.94. The van der Waals surface area contributed by atoms with Crippen LogP contribution in [-0.4, -0.2) is 15.9 Å². The van der Waals surface area contributed by atoms with Crippen molar-refractivity contribution in [1.82, 2.24) is 15.3 Å². The van der Waals surface area contributed by atoms with Crippen LogP contribution in [0.4, 0.5) is 8.78 Å². The summed E-state index contributed by atoms with van der Waals surface area (Å²) in [6.07, 6.45) is -0.0267. The second-order valence-electron chi connectivity index (χ2n) is 5.98. The van der Waals surface area contributed by atoms with E-state index in [0.29, 0.717) is 11.0 Å². The minimum atomic E-state index is -0.651. The molecule has 130 valence electrons. The van der Waals surface area contributed by atoms with Crippen LogP contribution in [0.25, 0.3) is 11.0 Å². The van der Waals surface area contributed by atoms with E-state index < -0.39 is 17.6 Å². The average Bonchev–Trinajstić information content (AvgIpc) is 2.92. The molecule has 0 saturated carbocycles. The molecule has 0 spiro atoms. The van der Waals surface area contributed by atoms with Crippen molar-refractivity contribution in [2.24, 2.45) is 0 Å². The predicted octanol–water partition coefficient (Wildman–Crippen LogP) is 2.94. The summed E-state index contributed by atoms with van der Waals surface area (Å²) in [5.74, 6) is -2.19. The Labute approximate surface area is 142 Å². The summed E-state index contributed by atoms with van der Waals surface area (Å²) in [6.45, 7) is 1.87. The third-order valence-corrected chi connectivity index (χ3v) is 4.05. The molecule has 1 atom stereocenters. The molecule has 2 aromatic carbocycles. The second-order valence-corrected chi connectivity index (χ2v) is 5.98. The molecule has 1 unspecified atom stereocenters. The standard InChI is InChI=1S/C18H17F2N3O2/c1-10(17-12(19)3-2-4-13(17)20)7-16(24)21-9-11-5-6-14-15(8-11)23-18(25)22-14/h2-6,8,10H,7,9H2,1H3,(H,21,24)(H2,22,23,25). The van der Waals surface area contributed by atoms with E-state index in [2.05, 4.69) is 15.3 Å². The molecule has 0 aliphatic rings. The molecule has 25 heavy (non-hydrogen) atoms. The summed E-state index contributed by atoms with van der Waals surface area (Å²) in [4.78, 5) is 28.6. The monoisotopic (exact) mass is 345 g/mol. The molecule has 1 aromatic heterocycles. The smallest absolute Gasteiger partial charge is 0.323 e. The van der Waals surface area contributed by atoms with Crippen molar-refractivity contribution in [2.75, 3.05) is 0 Å². The number of fused-ring (bicyclic) bond motifs is 1. The van der Waals surface area contributed by atoms with Crippen molar-refractivity contribution < 1.29 is 13.6 Å². The van der Waals surface area contributed by atoms with Crippen molar-refractivity contribution in [3.05, 3.63) is 69.6 Å². The van der Waals surface area contributed by atoms with Gasteiger partial charge in [0.05, 0.1) is 11.0 Å².